The molecule has 1 aromatic rings. The summed E-state index contributed by atoms with van der Waals surface area (Å²) in [6.07, 6.45) is -10.7. The first kappa shape index (κ1) is 15.3. The first-order valence-electron chi connectivity index (χ1n) is 4.61. The molecule has 0 aliphatic rings. The van der Waals surface area contributed by atoms with E-state index in [1.54, 1.807) is 0 Å². The summed E-state index contributed by atoms with van der Waals surface area (Å²) in [4.78, 5) is 0. The quantitative estimate of drug-likeness (QED) is 0.575. The van der Waals surface area contributed by atoms with Crippen LogP contribution in [0, 0.1) is 0 Å². The Morgan fingerprint density at radius 2 is 1.50 bits per heavy atom. The zero-order valence-electron chi connectivity index (χ0n) is 8.65. The van der Waals surface area contributed by atoms with Crippen molar-refractivity contribution in [3.63, 3.8) is 0 Å². The molecule has 18 heavy (non-hydrogen) atoms. The van der Waals surface area contributed by atoms with Crippen LogP contribution in [-0.2, 0) is 10.9 Å². The molecule has 0 aliphatic heterocycles. The van der Waals surface area contributed by atoms with Gasteiger partial charge in [-0.05, 0) is 17.7 Å². The summed E-state index contributed by atoms with van der Waals surface area (Å²) in [5.41, 5.74) is -0.913. The summed E-state index contributed by atoms with van der Waals surface area (Å²) in [6, 6.07) is 3.34. The molecular formula is C10H7BrF6O. The Hall–Kier alpha value is -0.760. The van der Waals surface area contributed by atoms with Crippen molar-refractivity contribution in [3.8, 4) is 0 Å². The maximum Gasteiger partial charge on any atom is 0.523 e. The van der Waals surface area contributed by atoms with Crippen LogP contribution in [-0.4, -0.2) is 11.7 Å². The van der Waals surface area contributed by atoms with Gasteiger partial charge in [-0.3, -0.25) is 4.74 Å². The Morgan fingerprint density at radius 3 is 1.83 bits per heavy atom. The van der Waals surface area contributed by atoms with E-state index in [2.05, 4.69) is 20.7 Å². The highest BCUT2D eigenvalue weighted by Crippen LogP contribution is 2.32. The Kier molecular flexibility index (Phi) is 4.66. The van der Waals surface area contributed by atoms with Crippen LogP contribution in [0.5, 0.6) is 0 Å². The molecule has 0 saturated heterocycles. The van der Waals surface area contributed by atoms with Crippen LogP contribution < -0.4 is 0 Å². The van der Waals surface area contributed by atoms with Crippen molar-refractivity contribution in [1.29, 1.82) is 0 Å². The lowest BCUT2D eigenvalue weighted by Gasteiger charge is -2.18. The molecule has 0 bridgehead atoms. The van der Waals surface area contributed by atoms with E-state index in [0.29, 0.717) is 12.1 Å². The van der Waals surface area contributed by atoms with Crippen molar-refractivity contribution in [3.05, 3.63) is 35.4 Å². The van der Waals surface area contributed by atoms with Crippen molar-refractivity contribution in [2.45, 2.75) is 18.6 Å². The second kappa shape index (κ2) is 5.48. The van der Waals surface area contributed by atoms with Crippen LogP contribution in [0.25, 0.3) is 0 Å². The van der Waals surface area contributed by atoms with Crippen LogP contribution >= 0.6 is 15.9 Å². The van der Waals surface area contributed by atoms with E-state index in [0.717, 1.165) is 12.1 Å². The Morgan fingerprint density at radius 1 is 1.00 bits per heavy atom. The second-order valence-corrected chi connectivity index (χ2v) is 3.97. The summed E-state index contributed by atoms with van der Waals surface area (Å²) in [5.74, 6) is 0. The molecular weight excluding hydrogens is 330 g/mol. The molecule has 1 unspecified atom stereocenters. The van der Waals surface area contributed by atoms with Gasteiger partial charge in [-0.1, -0.05) is 28.1 Å². The predicted octanol–water partition coefficient (Wildman–Crippen LogP) is 4.68. The van der Waals surface area contributed by atoms with E-state index in [9.17, 15) is 26.3 Å². The van der Waals surface area contributed by atoms with Crippen molar-refractivity contribution in [2.24, 2.45) is 0 Å². The largest absolute Gasteiger partial charge is 0.523 e. The monoisotopic (exact) mass is 336 g/mol. The smallest absolute Gasteiger partial charge is 0.283 e. The zero-order valence-corrected chi connectivity index (χ0v) is 10.2. The Balaban J connectivity index is 2.89. The molecule has 0 spiro atoms. The summed E-state index contributed by atoms with van der Waals surface area (Å²) >= 11 is 2.82. The minimum atomic E-state index is -4.85. The van der Waals surface area contributed by atoms with Crippen LogP contribution in [0.2, 0.25) is 0 Å². The molecule has 0 heterocycles. The fourth-order valence-corrected chi connectivity index (χ4v) is 1.74. The van der Waals surface area contributed by atoms with Gasteiger partial charge in [0.2, 0.25) is 0 Å². The van der Waals surface area contributed by atoms with Gasteiger partial charge in [-0.2, -0.15) is 13.2 Å². The topological polar surface area (TPSA) is 9.23 Å². The molecule has 0 aromatic heterocycles. The molecule has 0 amide bonds. The highest BCUT2D eigenvalue weighted by atomic mass is 79.9. The number of alkyl halides is 7. The highest BCUT2D eigenvalue weighted by Gasteiger charge is 2.34. The Bertz CT molecular complexity index is 383. The molecule has 1 atom stereocenters. The van der Waals surface area contributed by atoms with Crippen molar-refractivity contribution < 1.29 is 31.1 Å². The first-order valence-corrected chi connectivity index (χ1v) is 5.73. The lowest BCUT2D eigenvalue weighted by Crippen LogP contribution is -2.19. The molecule has 0 saturated carbocycles. The van der Waals surface area contributed by atoms with Gasteiger partial charge in [0.05, 0.1) is 5.56 Å². The summed E-state index contributed by atoms with van der Waals surface area (Å²) in [7, 11) is 0. The standard InChI is InChI=1S/C10H7BrF6O/c11-5-8(18-10(15,16)17)6-1-3-7(4-2-6)9(12,13)14/h1-4,8H,5H2. The summed E-state index contributed by atoms with van der Waals surface area (Å²) in [5, 5.41) is -0.183. The maximum absolute atomic E-state index is 12.3. The third-order valence-electron chi connectivity index (χ3n) is 2.03. The fraction of sp³-hybridized carbons (Fsp3) is 0.400. The minimum Gasteiger partial charge on any atom is -0.283 e. The fourth-order valence-electron chi connectivity index (χ4n) is 1.24. The number of hydrogen-bond donors (Lipinski definition) is 0. The van der Waals surface area contributed by atoms with E-state index in [1.807, 2.05) is 0 Å². The van der Waals surface area contributed by atoms with Crippen LogP contribution in [0.3, 0.4) is 0 Å². The van der Waals surface area contributed by atoms with Gasteiger partial charge in [-0.25, -0.2) is 0 Å². The van der Waals surface area contributed by atoms with Gasteiger partial charge in [0.1, 0.15) is 6.10 Å². The number of benzene rings is 1. The van der Waals surface area contributed by atoms with Crippen LogP contribution in [0.15, 0.2) is 24.3 Å². The minimum absolute atomic E-state index is 0.0113. The molecule has 102 valence electrons. The maximum atomic E-state index is 12.3. The average molecular weight is 337 g/mol. The van der Waals surface area contributed by atoms with Crippen molar-refractivity contribution >= 4 is 15.9 Å². The van der Waals surface area contributed by atoms with Gasteiger partial charge >= 0.3 is 12.5 Å². The summed E-state index contributed by atoms with van der Waals surface area (Å²) in [6.45, 7) is 0. The van der Waals surface area contributed by atoms with Crippen molar-refractivity contribution in [2.75, 3.05) is 5.33 Å². The summed E-state index contributed by atoms with van der Waals surface area (Å²) < 4.78 is 76.6. The van der Waals surface area contributed by atoms with Gasteiger partial charge in [0.15, 0.2) is 0 Å². The van der Waals surface area contributed by atoms with E-state index in [1.165, 1.54) is 0 Å². The highest BCUT2D eigenvalue weighted by molar-refractivity contribution is 9.09. The van der Waals surface area contributed by atoms with Gasteiger partial charge in [0, 0.05) is 5.33 Å². The lowest BCUT2D eigenvalue weighted by atomic mass is 10.1. The molecule has 1 rings (SSSR count). The van der Waals surface area contributed by atoms with E-state index in [-0.39, 0.29) is 10.9 Å². The third kappa shape index (κ3) is 4.49. The van der Waals surface area contributed by atoms with Crippen LogP contribution in [0.1, 0.15) is 17.2 Å². The molecule has 0 radical (unpaired) electrons. The zero-order chi connectivity index (χ0) is 14.0. The molecule has 0 N–H and O–H groups in total. The number of ether oxygens (including phenoxy) is 1. The first-order chi connectivity index (χ1) is 8.13. The SMILES string of the molecule is FC(F)(F)OC(CBr)c1ccc(C(F)(F)F)cc1. The molecule has 1 aromatic carbocycles. The second-order valence-electron chi connectivity index (χ2n) is 3.33. The number of rotatable bonds is 3. The van der Waals surface area contributed by atoms with Gasteiger partial charge in [-0.15, -0.1) is 13.2 Å². The number of halogens is 7. The Labute approximate surface area is 107 Å². The normalized spacial score (nSPS) is 14.6. The number of hydrogen-bond acceptors (Lipinski definition) is 1. The molecule has 0 aliphatic carbocycles. The third-order valence-corrected chi connectivity index (χ3v) is 2.61. The van der Waals surface area contributed by atoms with E-state index in [4.69, 9.17) is 0 Å². The van der Waals surface area contributed by atoms with Gasteiger partial charge < -0.3 is 0 Å². The van der Waals surface area contributed by atoms with E-state index >= 15 is 0 Å². The van der Waals surface area contributed by atoms with Crippen LogP contribution in [0.4, 0.5) is 26.3 Å². The molecule has 8 heteroatoms. The predicted molar refractivity (Wildman–Crippen MR) is 55.1 cm³/mol. The average Bonchev–Trinajstić information content (AvgIpc) is 2.24. The van der Waals surface area contributed by atoms with Gasteiger partial charge in [0.25, 0.3) is 0 Å². The molecule has 1 nitrogen and oxygen atoms in total. The lowest BCUT2D eigenvalue weighted by molar-refractivity contribution is -0.341. The van der Waals surface area contributed by atoms with E-state index < -0.39 is 24.2 Å². The molecule has 0 fully saturated rings. The van der Waals surface area contributed by atoms with Crippen molar-refractivity contribution in [1.82, 2.24) is 0 Å².